The van der Waals surface area contributed by atoms with Crippen molar-refractivity contribution in [3.8, 4) is 0 Å². The van der Waals surface area contributed by atoms with Gasteiger partial charge < -0.3 is 0 Å². The van der Waals surface area contributed by atoms with Gasteiger partial charge in [0, 0.05) is 25.6 Å². The first-order valence-corrected chi connectivity index (χ1v) is 6.15. The van der Waals surface area contributed by atoms with E-state index in [4.69, 9.17) is 0 Å². The Bertz CT molecular complexity index is 469. The number of rotatable bonds is 3. The summed E-state index contributed by atoms with van der Waals surface area (Å²) in [4.78, 5) is 11.6. The summed E-state index contributed by atoms with van der Waals surface area (Å²) in [7, 11) is 0. The standard InChI is InChI=1S/C14H19N3O/c1-11-9-14(3,17(16-11)12(2)18)15-10-13-7-5-4-6-8-13/h4-8,15H,9-10H2,1-3H3. The van der Waals surface area contributed by atoms with Gasteiger partial charge in [-0.1, -0.05) is 30.3 Å². The fraction of sp³-hybridized carbons (Fsp3) is 0.429. The predicted molar refractivity (Wildman–Crippen MR) is 71.9 cm³/mol. The number of carbonyl (C=O) groups is 1. The van der Waals surface area contributed by atoms with E-state index in [-0.39, 0.29) is 5.91 Å². The first-order valence-electron chi connectivity index (χ1n) is 6.15. The molecule has 1 heterocycles. The second kappa shape index (κ2) is 4.90. The molecule has 0 radical (unpaired) electrons. The molecular formula is C14H19N3O. The number of nitrogens with zero attached hydrogens (tertiary/aromatic N) is 2. The molecule has 1 atom stereocenters. The van der Waals surface area contributed by atoms with Crippen LogP contribution >= 0.6 is 0 Å². The van der Waals surface area contributed by atoms with Crippen LogP contribution in [0.4, 0.5) is 0 Å². The van der Waals surface area contributed by atoms with Crippen LogP contribution in [0.3, 0.4) is 0 Å². The smallest absolute Gasteiger partial charge is 0.241 e. The number of hydrazone groups is 1. The summed E-state index contributed by atoms with van der Waals surface area (Å²) in [5.41, 5.74) is 1.77. The summed E-state index contributed by atoms with van der Waals surface area (Å²) in [6.45, 7) is 6.23. The Kier molecular flexibility index (Phi) is 3.48. The molecule has 1 aromatic carbocycles. The summed E-state index contributed by atoms with van der Waals surface area (Å²) in [6, 6.07) is 10.2. The maximum Gasteiger partial charge on any atom is 0.241 e. The van der Waals surface area contributed by atoms with Crippen LogP contribution in [0, 0.1) is 0 Å². The largest absolute Gasteiger partial charge is 0.289 e. The van der Waals surface area contributed by atoms with Crippen molar-refractivity contribution in [1.82, 2.24) is 10.3 Å². The molecule has 1 aromatic rings. The third-order valence-corrected chi connectivity index (χ3v) is 3.15. The van der Waals surface area contributed by atoms with Crippen LogP contribution in [-0.4, -0.2) is 22.3 Å². The van der Waals surface area contributed by atoms with Crippen molar-refractivity contribution in [3.05, 3.63) is 35.9 Å². The van der Waals surface area contributed by atoms with E-state index in [1.807, 2.05) is 32.0 Å². The zero-order chi connectivity index (χ0) is 13.2. The Hall–Kier alpha value is -1.68. The second-order valence-corrected chi connectivity index (χ2v) is 4.96. The molecule has 0 bridgehead atoms. The monoisotopic (exact) mass is 245 g/mol. The van der Waals surface area contributed by atoms with Crippen molar-refractivity contribution in [1.29, 1.82) is 0 Å². The van der Waals surface area contributed by atoms with Crippen molar-refractivity contribution in [3.63, 3.8) is 0 Å². The zero-order valence-electron chi connectivity index (χ0n) is 11.1. The summed E-state index contributed by atoms with van der Waals surface area (Å²) >= 11 is 0. The van der Waals surface area contributed by atoms with Gasteiger partial charge in [0.25, 0.3) is 0 Å². The molecule has 4 heteroatoms. The highest BCUT2D eigenvalue weighted by molar-refractivity contribution is 5.88. The Morgan fingerprint density at radius 1 is 1.44 bits per heavy atom. The maximum absolute atomic E-state index is 11.6. The number of hydrogen-bond donors (Lipinski definition) is 1. The first kappa shape index (κ1) is 12.8. The van der Waals surface area contributed by atoms with Crippen LogP contribution in [0.1, 0.15) is 32.8 Å². The third-order valence-electron chi connectivity index (χ3n) is 3.15. The molecule has 1 N–H and O–H groups in total. The number of nitrogens with one attached hydrogen (secondary N) is 1. The molecule has 0 aliphatic carbocycles. The minimum atomic E-state index is -0.411. The van der Waals surface area contributed by atoms with Gasteiger partial charge in [-0.3, -0.25) is 10.1 Å². The maximum atomic E-state index is 11.6. The molecular weight excluding hydrogens is 226 g/mol. The molecule has 0 fully saturated rings. The van der Waals surface area contributed by atoms with Gasteiger partial charge in [-0.2, -0.15) is 5.10 Å². The Morgan fingerprint density at radius 2 is 2.11 bits per heavy atom. The topological polar surface area (TPSA) is 44.7 Å². The Labute approximate surface area is 108 Å². The van der Waals surface area contributed by atoms with Crippen molar-refractivity contribution < 1.29 is 4.79 Å². The SMILES string of the molecule is CC(=O)N1N=C(C)CC1(C)NCc1ccccc1. The van der Waals surface area contributed by atoms with Crippen LogP contribution in [0.25, 0.3) is 0 Å². The molecule has 96 valence electrons. The molecule has 4 nitrogen and oxygen atoms in total. The normalized spacial score (nSPS) is 23.1. The molecule has 1 amide bonds. The van der Waals surface area contributed by atoms with E-state index in [0.717, 1.165) is 18.7 Å². The van der Waals surface area contributed by atoms with E-state index >= 15 is 0 Å². The van der Waals surface area contributed by atoms with E-state index < -0.39 is 5.66 Å². The zero-order valence-corrected chi connectivity index (χ0v) is 11.1. The summed E-state index contributed by atoms with van der Waals surface area (Å²) in [5.74, 6) is -0.0325. The summed E-state index contributed by atoms with van der Waals surface area (Å²) in [6.07, 6.45) is 0.763. The minimum absolute atomic E-state index is 0.0325. The molecule has 2 rings (SSSR count). The Morgan fingerprint density at radius 3 is 2.72 bits per heavy atom. The number of amides is 1. The summed E-state index contributed by atoms with van der Waals surface area (Å²) < 4.78 is 0. The van der Waals surface area contributed by atoms with Gasteiger partial charge in [0.05, 0.1) is 0 Å². The van der Waals surface area contributed by atoms with Crippen LogP contribution < -0.4 is 5.32 Å². The van der Waals surface area contributed by atoms with E-state index in [2.05, 4.69) is 22.6 Å². The predicted octanol–water partition coefficient (Wildman–Crippen LogP) is 2.12. The van der Waals surface area contributed by atoms with Crippen LogP contribution in [0.2, 0.25) is 0 Å². The second-order valence-electron chi connectivity index (χ2n) is 4.96. The van der Waals surface area contributed by atoms with Gasteiger partial charge in [0.15, 0.2) is 0 Å². The molecule has 0 aromatic heterocycles. The first-order chi connectivity index (χ1) is 8.51. The van der Waals surface area contributed by atoms with Gasteiger partial charge >= 0.3 is 0 Å². The van der Waals surface area contributed by atoms with Crippen molar-refractivity contribution in [2.24, 2.45) is 5.10 Å². The third kappa shape index (κ3) is 2.59. The lowest BCUT2D eigenvalue weighted by molar-refractivity contribution is -0.134. The molecule has 1 unspecified atom stereocenters. The highest BCUT2D eigenvalue weighted by Gasteiger charge is 2.38. The molecule has 1 aliphatic rings. The number of carbonyl (C=O) groups excluding carboxylic acids is 1. The van der Waals surface area contributed by atoms with Gasteiger partial charge in [0.2, 0.25) is 5.91 Å². The van der Waals surface area contributed by atoms with E-state index in [9.17, 15) is 4.79 Å². The quantitative estimate of drug-likeness (QED) is 0.886. The lowest BCUT2D eigenvalue weighted by Gasteiger charge is -2.33. The molecule has 0 saturated heterocycles. The van der Waals surface area contributed by atoms with E-state index in [0.29, 0.717) is 0 Å². The number of hydrogen-bond acceptors (Lipinski definition) is 3. The lowest BCUT2D eigenvalue weighted by Crippen LogP contribution is -2.53. The van der Waals surface area contributed by atoms with E-state index in [1.54, 1.807) is 11.9 Å². The van der Waals surface area contributed by atoms with Crippen molar-refractivity contribution in [2.75, 3.05) is 0 Å². The highest BCUT2D eigenvalue weighted by atomic mass is 16.2. The van der Waals surface area contributed by atoms with Crippen molar-refractivity contribution >= 4 is 11.6 Å². The minimum Gasteiger partial charge on any atom is -0.289 e. The van der Waals surface area contributed by atoms with Gasteiger partial charge in [0.1, 0.15) is 5.66 Å². The number of benzene rings is 1. The van der Waals surface area contributed by atoms with Crippen molar-refractivity contribution in [2.45, 2.75) is 39.4 Å². The average molecular weight is 245 g/mol. The van der Waals surface area contributed by atoms with Gasteiger partial charge in [-0.05, 0) is 19.4 Å². The molecule has 0 spiro atoms. The highest BCUT2D eigenvalue weighted by Crippen LogP contribution is 2.25. The van der Waals surface area contributed by atoms with Gasteiger partial charge in [-0.15, -0.1) is 0 Å². The van der Waals surface area contributed by atoms with Gasteiger partial charge in [-0.25, -0.2) is 5.01 Å². The fourth-order valence-electron chi connectivity index (χ4n) is 2.33. The van der Waals surface area contributed by atoms with Crippen LogP contribution in [-0.2, 0) is 11.3 Å². The Balaban J connectivity index is 2.06. The summed E-state index contributed by atoms with van der Waals surface area (Å²) in [5, 5.41) is 9.26. The van der Waals surface area contributed by atoms with E-state index in [1.165, 1.54) is 5.56 Å². The average Bonchev–Trinajstić information content (AvgIpc) is 2.64. The van der Waals surface area contributed by atoms with Crippen LogP contribution in [0.15, 0.2) is 35.4 Å². The molecule has 1 aliphatic heterocycles. The molecule has 0 saturated carbocycles. The van der Waals surface area contributed by atoms with Crippen LogP contribution in [0.5, 0.6) is 0 Å². The molecule has 18 heavy (non-hydrogen) atoms. The lowest BCUT2D eigenvalue weighted by atomic mass is 10.1. The fourth-order valence-corrected chi connectivity index (χ4v) is 2.33.